The molecule has 0 unspecified atom stereocenters. The maximum absolute atomic E-state index is 5.08. The Morgan fingerprint density at radius 3 is 2.94 bits per heavy atom. The summed E-state index contributed by atoms with van der Waals surface area (Å²) in [4.78, 5) is 4.40. The third kappa shape index (κ3) is 1.27. The quantitative estimate of drug-likeness (QED) is 0.452. The summed E-state index contributed by atoms with van der Waals surface area (Å²) in [6.45, 7) is 0. The van der Waals surface area contributed by atoms with Gasteiger partial charge in [0.2, 0.25) is 0 Å². The van der Waals surface area contributed by atoms with E-state index in [0.29, 0.717) is 5.88 Å². The molecule has 3 aromatic rings. The molecule has 2 aromatic heterocycles. The number of rotatable bonds is 1. The van der Waals surface area contributed by atoms with Crippen LogP contribution in [0.1, 0.15) is 0 Å². The molecule has 1 aromatic carbocycles. The monoisotopic (exact) mass is 212 g/mol. The summed E-state index contributed by atoms with van der Waals surface area (Å²) in [7, 11) is 1.59. The van der Waals surface area contributed by atoms with Crippen LogP contribution in [-0.2, 0) is 0 Å². The molecule has 4 heteroatoms. The number of fused-ring (bicyclic) bond motifs is 3. The van der Waals surface area contributed by atoms with Gasteiger partial charge in [0, 0.05) is 4.98 Å². The molecule has 0 amide bonds. The van der Waals surface area contributed by atoms with Crippen LogP contribution in [0.2, 0.25) is 0 Å². The molecule has 0 bridgehead atoms. The molecule has 0 spiro atoms. The SMILES string of the molecule is COc1cn[n+]2ccc3ccccc3c2n1. The Morgan fingerprint density at radius 1 is 1.19 bits per heavy atom. The highest BCUT2D eigenvalue weighted by molar-refractivity contribution is 5.91. The smallest absolute Gasteiger partial charge is 0.360 e. The minimum absolute atomic E-state index is 0.524. The number of nitrogens with zero attached hydrogens (tertiary/aromatic N) is 3. The number of ether oxygens (including phenoxy) is 1. The molecule has 0 N–H and O–H groups in total. The molecule has 0 fully saturated rings. The second kappa shape index (κ2) is 3.41. The zero-order valence-corrected chi connectivity index (χ0v) is 8.79. The number of methoxy groups -OCH3 is 1. The molecule has 0 aliphatic rings. The van der Waals surface area contributed by atoms with Gasteiger partial charge in [0.25, 0.3) is 0 Å². The predicted octanol–water partition coefficient (Wildman–Crippen LogP) is 1.38. The highest BCUT2D eigenvalue weighted by Crippen LogP contribution is 2.15. The van der Waals surface area contributed by atoms with Crippen LogP contribution in [0.25, 0.3) is 16.4 Å². The van der Waals surface area contributed by atoms with Crippen LogP contribution in [-0.4, -0.2) is 17.2 Å². The van der Waals surface area contributed by atoms with E-state index in [-0.39, 0.29) is 0 Å². The van der Waals surface area contributed by atoms with Crippen molar-refractivity contribution in [2.24, 2.45) is 0 Å². The molecule has 0 aliphatic heterocycles. The van der Waals surface area contributed by atoms with Gasteiger partial charge >= 0.3 is 11.5 Å². The van der Waals surface area contributed by atoms with Crippen LogP contribution in [0.15, 0.2) is 42.7 Å². The largest absolute Gasteiger partial charge is 0.462 e. The predicted molar refractivity (Wildman–Crippen MR) is 59.3 cm³/mol. The van der Waals surface area contributed by atoms with Gasteiger partial charge in [-0.1, -0.05) is 23.3 Å². The normalized spacial score (nSPS) is 10.8. The Kier molecular flexibility index (Phi) is 1.93. The molecule has 78 valence electrons. The second-order valence-corrected chi connectivity index (χ2v) is 3.47. The molecule has 3 rings (SSSR count). The first-order valence-electron chi connectivity index (χ1n) is 4.99. The van der Waals surface area contributed by atoms with Gasteiger partial charge in [-0.3, -0.25) is 0 Å². The van der Waals surface area contributed by atoms with Crippen LogP contribution >= 0.6 is 0 Å². The summed E-state index contributed by atoms with van der Waals surface area (Å²) < 4.78 is 6.83. The first-order valence-corrected chi connectivity index (χ1v) is 4.99. The fourth-order valence-electron chi connectivity index (χ4n) is 1.74. The minimum atomic E-state index is 0.524. The standard InChI is InChI=1S/C12H10N3O/c1-16-11-8-13-15-7-6-9-4-2-3-5-10(9)12(15)14-11/h2-8H,1H3/q+1. The zero-order valence-electron chi connectivity index (χ0n) is 8.79. The summed E-state index contributed by atoms with van der Waals surface area (Å²) >= 11 is 0. The Morgan fingerprint density at radius 2 is 2.06 bits per heavy atom. The summed E-state index contributed by atoms with van der Waals surface area (Å²) in [5.41, 5.74) is 0.803. The highest BCUT2D eigenvalue weighted by Gasteiger charge is 2.12. The van der Waals surface area contributed by atoms with Crippen molar-refractivity contribution in [3.8, 4) is 5.88 Å². The first kappa shape index (κ1) is 9.03. The van der Waals surface area contributed by atoms with Crippen molar-refractivity contribution in [3.63, 3.8) is 0 Å². The van der Waals surface area contributed by atoms with Crippen LogP contribution in [0.5, 0.6) is 5.88 Å². The number of aromatic nitrogens is 3. The lowest BCUT2D eigenvalue weighted by Gasteiger charge is -1.97. The van der Waals surface area contributed by atoms with E-state index in [1.54, 1.807) is 17.8 Å². The van der Waals surface area contributed by atoms with Crippen molar-refractivity contribution >= 4 is 16.4 Å². The van der Waals surface area contributed by atoms with Crippen molar-refractivity contribution in [1.29, 1.82) is 0 Å². The number of hydrogen-bond donors (Lipinski definition) is 0. The van der Waals surface area contributed by atoms with Crippen LogP contribution in [0, 0.1) is 0 Å². The molecular formula is C12H10N3O+. The third-order valence-electron chi connectivity index (χ3n) is 2.53. The van der Waals surface area contributed by atoms with Crippen LogP contribution < -0.4 is 9.25 Å². The van der Waals surface area contributed by atoms with Crippen molar-refractivity contribution in [3.05, 3.63) is 42.7 Å². The van der Waals surface area contributed by atoms with E-state index < -0.39 is 0 Å². The van der Waals surface area contributed by atoms with Crippen molar-refractivity contribution < 1.29 is 9.25 Å². The average molecular weight is 212 g/mol. The topological polar surface area (TPSA) is 39.1 Å². The van der Waals surface area contributed by atoms with Gasteiger partial charge in [-0.2, -0.15) is 0 Å². The Balaban J connectivity index is 2.47. The van der Waals surface area contributed by atoms with Crippen molar-refractivity contribution in [1.82, 2.24) is 10.1 Å². The first-order chi connectivity index (χ1) is 7.88. The van der Waals surface area contributed by atoms with Gasteiger partial charge in [-0.15, -0.1) is 4.52 Å². The minimum Gasteiger partial charge on any atom is -0.462 e. The molecule has 0 aliphatic carbocycles. The van der Waals surface area contributed by atoms with Crippen molar-refractivity contribution in [2.75, 3.05) is 7.11 Å². The third-order valence-corrected chi connectivity index (χ3v) is 2.53. The lowest BCUT2D eigenvalue weighted by molar-refractivity contribution is -0.582. The van der Waals surface area contributed by atoms with E-state index in [1.807, 2.05) is 30.5 Å². The fourth-order valence-corrected chi connectivity index (χ4v) is 1.74. The molecular weight excluding hydrogens is 202 g/mol. The van der Waals surface area contributed by atoms with Gasteiger partial charge in [0.1, 0.15) is 6.20 Å². The maximum Gasteiger partial charge on any atom is 0.360 e. The van der Waals surface area contributed by atoms with E-state index in [9.17, 15) is 0 Å². The van der Waals surface area contributed by atoms with Crippen molar-refractivity contribution in [2.45, 2.75) is 0 Å². The van der Waals surface area contributed by atoms with E-state index >= 15 is 0 Å². The molecule has 4 nitrogen and oxygen atoms in total. The van der Waals surface area contributed by atoms with E-state index in [1.165, 1.54) is 0 Å². The molecule has 0 atom stereocenters. The van der Waals surface area contributed by atoms with Gasteiger partial charge in [-0.05, 0) is 17.5 Å². The summed E-state index contributed by atoms with van der Waals surface area (Å²) in [6, 6.07) is 10.1. The molecule has 2 heterocycles. The molecule has 16 heavy (non-hydrogen) atoms. The van der Waals surface area contributed by atoms with E-state index in [2.05, 4.69) is 16.1 Å². The second-order valence-electron chi connectivity index (χ2n) is 3.47. The molecule has 0 saturated carbocycles. The highest BCUT2D eigenvalue weighted by atomic mass is 16.5. The fraction of sp³-hybridized carbons (Fsp3) is 0.0833. The lowest BCUT2D eigenvalue weighted by Crippen LogP contribution is -2.27. The van der Waals surface area contributed by atoms with Crippen LogP contribution in [0.3, 0.4) is 0 Å². The van der Waals surface area contributed by atoms with Gasteiger partial charge in [0.05, 0.1) is 12.5 Å². The van der Waals surface area contributed by atoms with Gasteiger partial charge < -0.3 is 4.74 Å². The average Bonchev–Trinajstić information content (AvgIpc) is 2.38. The van der Waals surface area contributed by atoms with Gasteiger partial charge in [0.15, 0.2) is 6.20 Å². The maximum atomic E-state index is 5.08. The summed E-state index contributed by atoms with van der Waals surface area (Å²) in [5.74, 6) is 0.524. The van der Waals surface area contributed by atoms with Crippen LogP contribution in [0.4, 0.5) is 0 Å². The lowest BCUT2D eigenvalue weighted by atomic mass is 10.2. The summed E-state index contributed by atoms with van der Waals surface area (Å²) in [5, 5.41) is 6.44. The zero-order chi connectivity index (χ0) is 11.0. The summed E-state index contributed by atoms with van der Waals surface area (Å²) in [6.07, 6.45) is 3.49. The number of pyridine rings is 1. The van der Waals surface area contributed by atoms with E-state index in [4.69, 9.17) is 4.74 Å². The number of hydrogen-bond acceptors (Lipinski definition) is 3. The molecule has 0 radical (unpaired) electrons. The number of benzene rings is 1. The van der Waals surface area contributed by atoms with E-state index in [0.717, 1.165) is 16.4 Å². The Bertz CT molecular complexity index is 667. The Hall–Kier alpha value is -2.23. The van der Waals surface area contributed by atoms with Gasteiger partial charge in [-0.25, -0.2) is 0 Å². The Labute approximate surface area is 92.1 Å². The molecule has 0 saturated heterocycles.